The van der Waals surface area contributed by atoms with E-state index in [1.807, 2.05) is 0 Å². The van der Waals surface area contributed by atoms with Gasteiger partial charge in [-0.25, -0.2) is 0 Å². The number of carbonyl (C=O) groups excluding carboxylic acids is 1. The van der Waals surface area contributed by atoms with Crippen LogP contribution in [0.2, 0.25) is 0 Å². The minimum atomic E-state index is -0.509. The van der Waals surface area contributed by atoms with Gasteiger partial charge in [0.2, 0.25) is 5.24 Å². The molecule has 0 saturated carbocycles. The van der Waals surface area contributed by atoms with Crippen molar-refractivity contribution in [2.75, 3.05) is 0 Å². The first kappa shape index (κ1) is 9.59. The molecular formula is C3H3ClOZn. The predicted molar refractivity (Wildman–Crippen MR) is 21.1 cm³/mol. The Labute approximate surface area is 54.1 Å². The standard InChI is InChI=1S/C3H3ClO.Zn/c1-2-3(4)5;/h2H,1H2;. The molecule has 0 bridgehead atoms. The van der Waals surface area contributed by atoms with Crippen LogP contribution in [0.3, 0.4) is 0 Å². The normalized spacial score (nSPS) is 5.50. The summed E-state index contributed by atoms with van der Waals surface area (Å²) in [6.07, 6.45) is 1.04. The third-order valence-corrected chi connectivity index (χ3v) is 0.315. The molecule has 30 valence electrons. The van der Waals surface area contributed by atoms with Gasteiger partial charge in [-0.2, -0.15) is 0 Å². The topological polar surface area (TPSA) is 17.1 Å². The van der Waals surface area contributed by atoms with Crippen molar-refractivity contribution in [3.63, 3.8) is 0 Å². The third-order valence-electron chi connectivity index (χ3n) is 0.160. The predicted octanol–water partition coefficient (Wildman–Crippen LogP) is 0.935. The van der Waals surface area contributed by atoms with Gasteiger partial charge in [0, 0.05) is 19.5 Å². The molecule has 3 heteroatoms. The molecule has 1 nitrogen and oxygen atoms in total. The summed E-state index contributed by atoms with van der Waals surface area (Å²) < 4.78 is 0. The van der Waals surface area contributed by atoms with E-state index in [9.17, 15) is 4.79 Å². The average molecular weight is 156 g/mol. The second-order valence-corrected chi connectivity index (χ2v) is 0.881. The zero-order chi connectivity index (χ0) is 4.28. The van der Waals surface area contributed by atoms with Gasteiger partial charge in [-0.1, -0.05) is 6.58 Å². The molecule has 0 aliphatic carbocycles. The summed E-state index contributed by atoms with van der Waals surface area (Å²) in [5, 5.41) is -0.509. The molecular weight excluding hydrogens is 153 g/mol. The molecule has 0 fully saturated rings. The first-order chi connectivity index (χ1) is 2.27. The van der Waals surface area contributed by atoms with Crippen LogP contribution in [0.5, 0.6) is 0 Å². The molecule has 0 N–H and O–H groups in total. The zero-order valence-electron chi connectivity index (χ0n) is 3.28. The van der Waals surface area contributed by atoms with Crippen molar-refractivity contribution in [2.24, 2.45) is 0 Å². The fourth-order valence-electron chi connectivity index (χ4n) is 0. The Morgan fingerprint density at radius 3 is 2.00 bits per heavy atom. The number of rotatable bonds is 1. The Kier molecular flexibility index (Phi) is 8.51. The number of halogens is 1. The van der Waals surface area contributed by atoms with Crippen LogP contribution in [-0.2, 0) is 24.3 Å². The van der Waals surface area contributed by atoms with Gasteiger partial charge in [-0.05, 0) is 17.7 Å². The van der Waals surface area contributed by atoms with Crippen LogP contribution >= 0.6 is 11.6 Å². The summed E-state index contributed by atoms with van der Waals surface area (Å²) in [4.78, 5) is 9.46. The van der Waals surface area contributed by atoms with Crippen molar-refractivity contribution >= 4 is 16.8 Å². The number of hydrogen-bond donors (Lipinski definition) is 0. The summed E-state index contributed by atoms with van der Waals surface area (Å²) in [5.41, 5.74) is 0. The minimum Gasteiger partial charge on any atom is -0.276 e. The first-order valence-corrected chi connectivity index (χ1v) is 1.47. The van der Waals surface area contributed by atoms with Gasteiger partial charge < -0.3 is 0 Å². The van der Waals surface area contributed by atoms with Crippen molar-refractivity contribution < 1.29 is 24.3 Å². The molecule has 0 heterocycles. The van der Waals surface area contributed by atoms with Gasteiger partial charge in [0.15, 0.2) is 0 Å². The van der Waals surface area contributed by atoms with E-state index in [0.29, 0.717) is 0 Å². The molecule has 0 unspecified atom stereocenters. The van der Waals surface area contributed by atoms with Gasteiger partial charge in [0.05, 0.1) is 0 Å². The first-order valence-electron chi connectivity index (χ1n) is 1.09. The fourth-order valence-corrected chi connectivity index (χ4v) is 0. The Balaban J connectivity index is 0. The van der Waals surface area contributed by atoms with Gasteiger partial charge in [-0.15, -0.1) is 0 Å². The maximum atomic E-state index is 9.46. The summed E-state index contributed by atoms with van der Waals surface area (Å²) in [6.45, 7) is 3.08. The quantitative estimate of drug-likeness (QED) is 0.313. The monoisotopic (exact) mass is 154 g/mol. The molecule has 0 aliphatic rings. The molecule has 0 aromatic heterocycles. The van der Waals surface area contributed by atoms with Crippen molar-refractivity contribution in [1.29, 1.82) is 0 Å². The fraction of sp³-hybridized carbons (Fsp3) is 0. The van der Waals surface area contributed by atoms with E-state index in [0.717, 1.165) is 6.08 Å². The average Bonchev–Trinajstić information content (AvgIpc) is 1.38. The summed E-state index contributed by atoms with van der Waals surface area (Å²) in [5.74, 6) is 0. The van der Waals surface area contributed by atoms with Crippen molar-refractivity contribution in [2.45, 2.75) is 0 Å². The molecule has 0 radical (unpaired) electrons. The Hall–Kier alpha value is 0.323. The molecule has 0 aromatic carbocycles. The van der Waals surface area contributed by atoms with Crippen molar-refractivity contribution in [1.82, 2.24) is 0 Å². The molecule has 0 aliphatic heterocycles. The SMILES string of the molecule is C=CC(=O)Cl.[Zn]. The minimum absolute atomic E-state index is 0. The van der Waals surface area contributed by atoms with E-state index < -0.39 is 5.24 Å². The van der Waals surface area contributed by atoms with Crippen LogP contribution in [0.4, 0.5) is 0 Å². The van der Waals surface area contributed by atoms with Crippen molar-refractivity contribution in [3.05, 3.63) is 12.7 Å². The van der Waals surface area contributed by atoms with Gasteiger partial charge in [0.25, 0.3) is 0 Å². The van der Waals surface area contributed by atoms with E-state index in [1.54, 1.807) is 0 Å². The molecule has 0 aromatic rings. The number of hydrogen-bond acceptors (Lipinski definition) is 1. The van der Waals surface area contributed by atoms with Crippen LogP contribution in [0.1, 0.15) is 0 Å². The largest absolute Gasteiger partial charge is 0.276 e. The van der Waals surface area contributed by atoms with Crippen LogP contribution in [0, 0.1) is 0 Å². The molecule has 0 atom stereocenters. The smallest absolute Gasteiger partial charge is 0.244 e. The molecule has 6 heavy (non-hydrogen) atoms. The Bertz CT molecular complexity index is 61.8. The second kappa shape index (κ2) is 5.32. The summed E-state index contributed by atoms with van der Waals surface area (Å²) >= 11 is 4.71. The molecule has 0 rings (SSSR count). The number of allylic oxidation sites excluding steroid dienone is 1. The molecule has 0 amide bonds. The third kappa shape index (κ3) is 8.85. The van der Waals surface area contributed by atoms with Gasteiger partial charge >= 0.3 is 0 Å². The maximum Gasteiger partial charge on any atom is 0.244 e. The maximum absolute atomic E-state index is 9.46. The molecule has 0 saturated heterocycles. The van der Waals surface area contributed by atoms with E-state index in [1.165, 1.54) is 0 Å². The zero-order valence-corrected chi connectivity index (χ0v) is 7.00. The van der Waals surface area contributed by atoms with E-state index in [-0.39, 0.29) is 19.5 Å². The summed E-state index contributed by atoms with van der Waals surface area (Å²) in [7, 11) is 0. The summed E-state index contributed by atoms with van der Waals surface area (Å²) in [6, 6.07) is 0. The van der Waals surface area contributed by atoms with Crippen LogP contribution in [-0.4, -0.2) is 5.24 Å². The second-order valence-electron chi connectivity index (χ2n) is 0.508. The van der Waals surface area contributed by atoms with Crippen molar-refractivity contribution in [3.8, 4) is 0 Å². The van der Waals surface area contributed by atoms with Gasteiger partial charge in [0.1, 0.15) is 0 Å². The Morgan fingerprint density at radius 2 is 2.00 bits per heavy atom. The number of carbonyl (C=O) groups is 1. The van der Waals surface area contributed by atoms with Crippen LogP contribution < -0.4 is 0 Å². The van der Waals surface area contributed by atoms with Crippen LogP contribution in [0.25, 0.3) is 0 Å². The van der Waals surface area contributed by atoms with E-state index >= 15 is 0 Å². The van der Waals surface area contributed by atoms with Gasteiger partial charge in [-0.3, -0.25) is 4.79 Å². The Morgan fingerprint density at radius 1 is 1.83 bits per heavy atom. The van der Waals surface area contributed by atoms with E-state index in [4.69, 9.17) is 11.6 Å². The molecule has 0 spiro atoms. The van der Waals surface area contributed by atoms with E-state index in [2.05, 4.69) is 6.58 Å². The van der Waals surface area contributed by atoms with Crippen LogP contribution in [0.15, 0.2) is 12.7 Å².